The average molecular weight is 346 g/mol. The Morgan fingerprint density at radius 2 is 1.76 bits per heavy atom. The molecule has 2 N–H and O–H groups in total. The zero-order valence-electron chi connectivity index (χ0n) is 13.9. The van der Waals surface area contributed by atoms with Crippen molar-refractivity contribution < 1.29 is 18.3 Å². The third kappa shape index (κ3) is 4.33. The zero-order chi connectivity index (χ0) is 17.9. The normalized spacial score (nSPS) is 18.8. The number of nitrogens with one attached hydrogen (secondary N) is 2. The van der Waals surface area contributed by atoms with Gasteiger partial charge in [-0.2, -0.15) is 0 Å². The van der Waals surface area contributed by atoms with Gasteiger partial charge in [0.25, 0.3) is 5.92 Å². The van der Waals surface area contributed by atoms with E-state index < -0.39 is 30.8 Å². The van der Waals surface area contributed by atoms with Crippen molar-refractivity contribution in [1.82, 2.24) is 10.6 Å². The van der Waals surface area contributed by atoms with Crippen LogP contribution in [0.15, 0.2) is 48.5 Å². The molecule has 0 radical (unpaired) electrons. The Bertz CT molecular complexity index is 730. The summed E-state index contributed by atoms with van der Waals surface area (Å²) in [6, 6.07) is 14.7. The first-order chi connectivity index (χ1) is 12.0. The number of alkyl halides is 2. The summed E-state index contributed by atoms with van der Waals surface area (Å²) in [7, 11) is 1.63. The minimum atomic E-state index is -2.80. The van der Waals surface area contributed by atoms with Gasteiger partial charge in [-0.3, -0.25) is 10.1 Å². The molecule has 4 nitrogen and oxygen atoms in total. The Morgan fingerprint density at radius 1 is 1.16 bits per heavy atom. The maximum absolute atomic E-state index is 13.1. The Balaban J connectivity index is 1.56. The van der Waals surface area contributed by atoms with Gasteiger partial charge in [0.2, 0.25) is 5.91 Å². The third-order valence-corrected chi connectivity index (χ3v) is 4.27. The van der Waals surface area contributed by atoms with Crippen LogP contribution in [-0.2, 0) is 11.3 Å². The molecule has 0 spiro atoms. The molecule has 1 aliphatic rings. The second kappa shape index (κ2) is 7.19. The van der Waals surface area contributed by atoms with Crippen LogP contribution in [0.3, 0.4) is 0 Å². The molecule has 0 aliphatic carbocycles. The first kappa shape index (κ1) is 17.4. The molecule has 1 unspecified atom stereocenters. The van der Waals surface area contributed by atoms with Crippen LogP contribution in [0.1, 0.15) is 12.0 Å². The van der Waals surface area contributed by atoms with E-state index >= 15 is 0 Å². The predicted molar refractivity (Wildman–Crippen MR) is 91.6 cm³/mol. The lowest BCUT2D eigenvalue weighted by Gasteiger charge is -2.11. The Morgan fingerprint density at radius 3 is 2.28 bits per heavy atom. The molecule has 1 heterocycles. The van der Waals surface area contributed by atoms with E-state index in [2.05, 4.69) is 10.6 Å². The van der Waals surface area contributed by atoms with E-state index in [4.69, 9.17) is 4.74 Å². The van der Waals surface area contributed by atoms with E-state index in [0.29, 0.717) is 6.54 Å². The fraction of sp³-hybridized carbons (Fsp3) is 0.316. The molecule has 2 aromatic rings. The van der Waals surface area contributed by atoms with Crippen LogP contribution in [0.25, 0.3) is 11.1 Å². The van der Waals surface area contributed by atoms with Crippen molar-refractivity contribution in [2.75, 3.05) is 13.7 Å². The summed E-state index contributed by atoms with van der Waals surface area (Å²) in [6.45, 7) is -0.132. The highest BCUT2D eigenvalue weighted by Gasteiger charge is 2.42. The first-order valence-electron chi connectivity index (χ1n) is 8.09. The summed E-state index contributed by atoms with van der Waals surface area (Å²) in [5.74, 6) is -2.40. The average Bonchev–Trinajstić information content (AvgIpc) is 3.00. The standard InChI is InChI=1S/C19H20F2N2O2/c1-25-16-8-6-15(7-9-16)14-4-2-13(3-5-14)11-22-18(24)17-10-19(20,21)12-23-17/h2-9,17,23H,10-12H2,1H3,(H,22,24). The van der Waals surface area contributed by atoms with Gasteiger partial charge in [-0.1, -0.05) is 36.4 Å². The van der Waals surface area contributed by atoms with Gasteiger partial charge in [0, 0.05) is 13.0 Å². The summed E-state index contributed by atoms with van der Waals surface area (Å²) in [5.41, 5.74) is 3.03. The molecule has 132 valence electrons. The van der Waals surface area contributed by atoms with Crippen molar-refractivity contribution >= 4 is 5.91 Å². The van der Waals surface area contributed by atoms with E-state index in [1.165, 1.54) is 0 Å². The lowest BCUT2D eigenvalue weighted by Crippen LogP contribution is -2.40. The largest absolute Gasteiger partial charge is 0.497 e. The molecule has 1 saturated heterocycles. The van der Waals surface area contributed by atoms with Gasteiger partial charge >= 0.3 is 0 Å². The van der Waals surface area contributed by atoms with Gasteiger partial charge in [-0.25, -0.2) is 8.78 Å². The maximum Gasteiger partial charge on any atom is 0.262 e. The van der Waals surface area contributed by atoms with Crippen molar-refractivity contribution in [2.45, 2.75) is 24.9 Å². The van der Waals surface area contributed by atoms with Crippen molar-refractivity contribution in [3.63, 3.8) is 0 Å². The van der Waals surface area contributed by atoms with Crippen LogP contribution in [0.5, 0.6) is 5.75 Å². The SMILES string of the molecule is COc1ccc(-c2ccc(CNC(=O)C3CC(F)(F)CN3)cc2)cc1. The molecule has 1 amide bonds. The van der Waals surface area contributed by atoms with Crippen LogP contribution in [0, 0.1) is 0 Å². The highest BCUT2D eigenvalue weighted by atomic mass is 19.3. The van der Waals surface area contributed by atoms with Crippen molar-refractivity contribution in [3.8, 4) is 16.9 Å². The monoisotopic (exact) mass is 346 g/mol. The number of carbonyl (C=O) groups is 1. The third-order valence-electron chi connectivity index (χ3n) is 4.27. The molecule has 2 aromatic carbocycles. The first-order valence-corrected chi connectivity index (χ1v) is 8.09. The topological polar surface area (TPSA) is 50.4 Å². The van der Waals surface area contributed by atoms with E-state index in [1.54, 1.807) is 7.11 Å². The molecule has 1 fully saturated rings. The van der Waals surface area contributed by atoms with Crippen molar-refractivity contribution in [1.29, 1.82) is 0 Å². The van der Waals surface area contributed by atoms with E-state index in [0.717, 1.165) is 22.4 Å². The number of hydrogen-bond acceptors (Lipinski definition) is 3. The van der Waals surface area contributed by atoms with Gasteiger partial charge in [-0.05, 0) is 28.8 Å². The van der Waals surface area contributed by atoms with Gasteiger partial charge in [0.15, 0.2) is 0 Å². The quantitative estimate of drug-likeness (QED) is 0.875. The number of halogens is 2. The molecule has 0 bridgehead atoms. The van der Waals surface area contributed by atoms with E-state index in [-0.39, 0.29) is 0 Å². The number of hydrogen-bond donors (Lipinski definition) is 2. The lowest BCUT2D eigenvalue weighted by atomic mass is 10.0. The van der Waals surface area contributed by atoms with E-state index in [9.17, 15) is 13.6 Å². The molecule has 0 saturated carbocycles. The number of amides is 1. The van der Waals surface area contributed by atoms with Crippen LogP contribution < -0.4 is 15.4 Å². The zero-order valence-corrected chi connectivity index (χ0v) is 13.9. The molecular formula is C19H20F2N2O2. The Labute approximate surface area is 145 Å². The van der Waals surface area contributed by atoms with Crippen LogP contribution >= 0.6 is 0 Å². The second-order valence-corrected chi connectivity index (χ2v) is 6.14. The summed E-state index contributed by atoms with van der Waals surface area (Å²) in [5, 5.41) is 5.25. The molecule has 25 heavy (non-hydrogen) atoms. The summed E-state index contributed by atoms with van der Waals surface area (Å²) >= 11 is 0. The molecule has 6 heteroatoms. The van der Waals surface area contributed by atoms with Crippen LogP contribution in [0.2, 0.25) is 0 Å². The summed E-state index contributed by atoms with van der Waals surface area (Å²) < 4.78 is 31.4. The number of carbonyl (C=O) groups excluding carboxylic acids is 1. The maximum atomic E-state index is 13.1. The second-order valence-electron chi connectivity index (χ2n) is 6.14. The van der Waals surface area contributed by atoms with Gasteiger partial charge in [0.1, 0.15) is 5.75 Å². The number of methoxy groups -OCH3 is 1. The van der Waals surface area contributed by atoms with E-state index in [1.807, 2.05) is 48.5 Å². The molecule has 3 rings (SSSR count). The highest BCUT2D eigenvalue weighted by molar-refractivity contribution is 5.82. The van der Waals surface area contributed by atoms with Crippen LogP contribution in [-0.4, -0.2) is 31.5 Å². The lowest BCUT2D eigenvalue weighted by molar-refractivity contribution is -0.123. The fourth-order valence-electron chi connectivity index (χ4n) is 2.81. The Hall–Kier alpha value is -2.47. The predicted octanol–water partition coefficient (Wildman–Crippen LogP) is 2.98. The van der Waals surface area contributed by atoms with Crippen molar-refractivity contribution in [3.05, 3.63) is 54.1 Å². The summed E-state index contributed by atoms with van der Waals surface area (Å²) in [4.78, 5) is 11.9. The van der Waals surface area contributed by atoms with Gasteiger partial charge < -0.3 is 10.1 Å². The van der Waals surface area contributed by atoms with Crippen LogP contribution in [0.4, 0.5) is 8.78 Å². The Kier molecular flexibility index (Phi) is 4.99. The number of rotatable bonds is 5. The summed E-state index contributed by atoms with van der Waals surface area (Å²) in [6.07, 6.45) is -0.449. The van der Waals surface area contributed by atoms with Gasteiger partial charge in [0.05, 0.1) is 19.7 Å². The fourth-order valence-corrected chi connectivity index (χ4v) is 2.81. The minimum absolute atomic E-state index is 0.311. The minimum Gasteiger partial charge on any atom is -0.497 e. The number of ether oxygens (including phenoxy) is 1. The van der Waals surface area contributed by atoms with Gasteiger partial charge in [-0.15, -0.1) is 0 Å². The smallest absolute Gasteiger partial charge is 0.262 e. The van der Waals surface area contributed by atoms with Crippen molar-refractivity contribution in [2.24, 2.45) is 0 Å². The molecular weight excluding hydrogens is 326 g/mol. The molecule has 1 aliphatic heterocycles. The molecule has 0 aromatic heterocycles. The highest BCUT2D eigenvalue weighted by Crippen LogP contribution is 2.25. The molecule has 1 atom stereocenters. The number of benzene rings is 2.